The van der Waals surface area contributed by atoms with Gasteiger partial charge in [-0.3, -0.25) is 14.4 Å². The molecule has 0 bridgehead atoms. The molecule has 1 unspecified atom stereocenters. The summed E-state index contributed by atoms with van der Waals surface area (Å²) in [7, 11) is 0. The number of alkyl halides is 2. The second-order valence-electron chi connectivity index (χ2n) is 7.63. The van der Waals surface area contributed by atoms with Crippen LogP contribution in [0.15, 0.2) is 6.07 Å². The fourth-order valence-electron chi connectivity index (χ4n) is 4.05. The molecular weight excluding hydrogens is 326 g/mol. The van der Waals surface area contributed by atoms with Crippen LogP contribution in [0.5, 0.6) is 0 Å². The number of hydrogen-bond donors (Lipinski definition) is 0. The summed E-state index contributed by atoms with van der Waals surface area (Å²) in [6, 6.07) is 1.96. The van der Waals surface area contributed by atoms with Gasteiger partial charge in [-0.2, -0.15) is 5.10 Å². The highest BCUT2D eigenvalue weighted by molar-refractivity contribution is 5.75. The number of halogens is 2. The highest BCUT2D eigenvalue weighted by atomic mass is 19.3. The van der Waals surface area contributed by atoms with E-state index in [0.717, 1.165) is 11.4 Å². The van der Waals surface area contributed by atoms with E-state index in [4.69, 9.17) is 0 Å². The Morgan fingerprint density at radius 2 is 2.12 bits per heavy atom. The molecule has 2 aliphatic heterocycles. The van der Waals surface area contributed by atoms with Crippen LogP contribution in [0.2, 0.25) is 0 Å². The summed E-state index contributed by atoms with van der Waals surface area (Å²) in [6.07, 6.45) is 1.03. The first-order valence-electron chi connectivity index (χ1n) is 9.23. The molecule has 1 saturated heterocycles. The molecule has 140 valence electrons. The lowest BCUT2D eigenvalue weighted by Gasteiger charge is -2.39. The number of hydrogen-bond acceptors (Lipinski definition) is 3. The van der Waals surface area contributed by atoms with Gasteiger partial charge in [0.2, 0.25) is 5.91 Å². The number of piperidine rings is 1. The van der Waals surface area contributed by atoms with Gasteiger partial charge in [0.25, 0.3) is 5.92 Å². The molecule has 0 aromatic carbocycles. The maximum Gasteiger partial charge on any atom is 0.263 e. The third-order valence-corrected chi connectivity index (χ3v) is 5.43. The van der Waals surface area contributed by atoms with Crippen LogP contribution in [0.3, 0.4) is 0 Å². The molecule has 0 spiro atoms. The zero-order chi connectivity index (χ0) is 18.2. The van der Waals surface area contributed by atoms with E-state index in [2.05, 4.69) is 5.10 Å². The largest absolute Gasteiger partial charge is 0.335 e. The smallest absolute Gasteiger partial charge is 0.263 e. The van der Waals surface area contributed by atoms with Crippen molar-refractivity contribution in [2.24, 2.45) is 11.8 Å². The maximum atomic E-state index is 14.4. The average Bonchev–Trinajstić information content (AvgIpc) is 2.93. The minimum Gasteiger partial charge on any atom is -0.335 e. The average molecular weight is 354 g/mol. The molecule has 1 fully saturated rings. The Bertz CT molecular complexity index is 629. The zero-order valence-electron chi connectivity index (χ0n) is 15.3. The van der Waals surface area contributed by atoms with Gasteiger partial charge in [-0.05, 0) is 24.9 Å². The van der Waals surface area contributed by atoms with Crippen molar-refractivity contribution < 1.29 is 13.6 Å². The first-order chi connectivity index (χ1) is 11.8. The van der Waals surface area contributed by atoms with Crippen LogP contribution < -0.4 is 0 Å². The standard InChI is InChI=1S/C18H28F2N4O/c1-4-17(25)23-7-8-24-15(11-23)9-14(21-24)10-22-6-5-16(13(2)3)18(19,20)12-22/h9,13,16H,4-8,10-12H2,1-3H3. The lowest BCUT2D eigenvalue weighted by Crippen LogP contribution is -2.49. The van der Waals surface area contributed by atoms with Crippen molar-refractivity contribution in [3.63, 3.8) is 0 Å². The lowest BCUT2D eigenvalue weighted by atomic mass is 9.83. The normalized spacial score (nSPS) is 23.8. The molecule has 5 nitrogen and oxygen atoms in total. The Kier molecular flexibility index (Phi) is 5.14. The second-order valence-corrected chi connectivity index (χ2v) is 7.63. The van der Waals surface area contributed by atoms with Crippen LogP contribution in [0.1, 0.15) is 45.0 Å². The van der Waals surface area contributed by atoms with Crippen LogP contribution in [0.25, 0.3) is 0 Å². The predicted molar refractivity (Wildman–Crippen MR) is 91.1 cm³/mol. The molecule has 1 amide bonds. The lowest BCUT2D eigenvalue weighted by molar-refractivity contribution is -0.132. The number of fused-ring (bicyclic) bond motifs is 1. The third kappa shape index (κ3) is 3.86. The second kappa shape index (κ2) is 7.02. The Morgan fingerprint density at radius 3 is 2.76 bits per heavy atom. The quantitative estimate of drug-likeness (QED) is 0.835. The Balaban J connectivity index is 1.64. The highest BCUT2D eigenvalue weighted by Crippen LogP contribution is 2.38. The summed E-state index contributed by atoms with van der Waals surface area (Å²) < 4.78 is 30.6. The van der Waals surface area contributed by atoms with Crippen LogP contribution >= 0.6 is 0 Å². The molecule has 1 aromatic heterocycles. The number of carbonyl (C=O) groups excluding carboxylic acids is 1. The van der Waals surface area contributed by atoms with Crippen molar-refractivity contribution in [3.8, 4) is 0 Å². The Morgan fingerprint density at radius 1 is 1.36 bits per heavy atom. The number of likely N-dealkylation sites (tertiary alicyclic amines) is 1. The third-order valence-electron chi connectivity index (χ3n) is 5.43. The molecule has 1 atom stereocenters. The monoisotopic (exact) mass is 354 g/mol. The topological polar surface area (TPSA) is 41.4 Å². The molecular formula is C18H28F2N4O. The van der Waals surface area contributed by atoms with Gasteiger partial charge in [0, 0.05) is 25.4 Å². The Labute approximate surface area is 148 Å². The fraction of sp³-hybridized carbons (Fsp3) is 0.778. The maximum absolute atomic E-state index is 14.4. The summed E-state index contributed by atoms with van der Waals surface area (Å²) in [5.74, 6) is -3.04. The van der Waals surface area contributed by atoms with Crippen LogP contribution in [0, 0.1) is 11.8 Å². The van der Waals surface area contributed by atoms with Gasteiger partial charge >= 0.3 is 0 Å². The molecule has 0 aliphatic carbocycles. The first-order valence-corrected chi connectivity index (χ1v) is 9.23. The molecule has 3 rings (SSSR count). The molecule has 2 aliphatic rings. The van der Waals surface area contributed by atoms with E-state index < -0.39 is 11.8 Å². The number of nitrogens with zero attached hydrogens (tertiary/aromatic N) is 4. The van der Waals surface area contributed by atoms with Gasteiger partial charge in [-0.1, -0.05) is 20.8 Å². The van der Waals surface area contributed by atoms with Crippen molar-refractivity contribution in [1.82, 2.24) is 19.6 Å². The molecule has 25 heavy (non-hydrogen) atoms. The van der Waals surface area contributed by atoms with Crippen LogP contribution in [0.4, 0.5) is 8.78 Å². The minimum absolute atomic E-state index is 0.000782. The molecule has 0 radical (unpaired) electrons. The highest BCUT2D eigenvalue weighted by Gasteiger charge is 2.45. The van der Waals surface area contributed by atoms with Gasteiger partial charge in [0.15, 0.2) is 0 Å². The van der Waals surface area contributed by atoms with Crippen molar-refractivity contribution in [2.45, 2.75) is 59.2 Å². The van der Waals surface area contributed by atoms with Crippen LogP contribution in [-0.2, 0) is 24.4 Å². The van der Waals surface area contributed by atoms with E-state index >= 15 is 0 Å². The number of aromatic nitrogens is 2. The van der Waals surface area contributed by atoms with Crippen molar-refractivity contribution in [3.05, 3.63) is 17.5 Å². The van der Waals surface area contributed by atoms with E-state index in [1.807, 2.05) is 41.3 Å². The number of rotatable bonds is 4. The fourth-order valence-corrected chi connectivity index (χ4v) is 4.05. The van der Waals surface area contributed by atoms with Gasteiger partial charge in [0.1, 0.15) is 0 Å². The van der Waals surface area contributed by atoms with E-state index in [1.54, 1.807) is 0 Å². The summed E-state index contributed by atoms with van der Waals surface area (Å²) in [4.78, 5) is 15.5. The van der Waals surface area contributed by atoms with E-state index in [0.29, 0.717) is 45.6 Å². The zero-order valence-corrected chi connectivity index (χ0v) is 15.3. The van der Waals surface area contributed by atoms with Crippen molar-refractivity contribution >= 4 is 5.91 Å². The van der Waals surface area contributed by atoms with Crippen LogP contribution in [-0.4, -0.2) is 51.0 Å². The van der Waals surface area contributed by atoms with E-state index in [9.17, 15) is 13.6 Å². The van der Waals surface area contributed by atoms with Gasteiger partial charge < -0.3 is 4.90 Å². The molecule has 1 aromatic rings. The van der Waals surface area contributed by atoms with Crippen molar-refractivity contribution in [2.75, 3.05) is 19.6 Å². The van der Waals surface area contributed by atoms with Gasteiger partial charge in [-0.15, -0.1) is 0 Å². The molecule has 0 saturated carbocycles. The SMILES string of the molecule is CCC(=O)N1CCn2nc(CN3CCC(C(C)C)C(F)(F)C3)cc2C1. The van der Waals surface area contributed by atoms with E-state index in [1.165, 1.54) is 0 Å². The van der Waals surface area contributed by atoms with Gasteiger partial charge in [0.05, 0.1) is 31.0 Å². The van der Waals surface area contributed by atoms with E-state index in [-0.39, 0.29) is 18.4 Å². The summed E-state index contributed by atoms with van der Waals surface area (Å²) >= 11 is 0. The minimum atomic E-state index is -2.64. The summed E-state index contributed by atoms with van der Waals surface area (Å²) in [5.41, 5.74) is 1.81. The molecule has 3 heterocycles. The first kappa shape index (κ1) is 18.3. The van der Waals surface area contributed by atoms with Gasteiger partial charge in [-0.25, -0.2) is 8.78 Å². The predicted octanol–water partition coefficient (Wildman–Crippen LogP) is 2.75. The Hall–Kier alpha value is -1.50. The summed E-state index contributed by atoms with van der Waals surface area (Å²) in [6.45, 7) is 8.45. The summed E-state index contributed by atoms with van der Waals surface area (Å²) in [5, 5.41) is 4.56. The molecule has 7 heteroatoms. The molecule has 0 N–H and O–H groups in total. The number of amides is 1. The number of carbonyl (C=O) groups is 1. The van der Waals surface area contributed by atoms with Crippen molar-refractivity contribution in [1.29, 1.82) is 0 Å².